The van der Waals surface area contributed by atoms with Gasteiger partial charge in [-0.2, -0.15) is 0 Å². The topological polar surface area (TPSA) is 148 Å². The van der Waals surface area contributed by atoms with Crippen LogP contribution in [-0.2, 0) is 14.8 Å². The summed E-state index contributed by atoms with van der Waals surface area (Å²) < 4.78 is 22.7. The van der Waals surface area contributed by atoms with Crippen LogP contribution in [0.5, 0.6) is 0 Å². The standard InChI is InChI=1S/C16H25N5O5S.ClH/c1-18-11-12-5-8-20(9-6-12)16(22)4-7-19-14-3-2-13(27(17,25)26)10-15(14)21(23)24;/h2-3,10,12,18-19H,4-9,11H2,1H3,(H2,17,25,26);1H. The maximum absolute atomic E-state index is 12.3. The van der Waals surface area contributed by atoms with Gasteiger partial charge < -0.3 is 15.5 Å². The Balaban J connectivity index is 0.00000392. The maximum atomic E-state index is 12.3. The highest BCUT2D eigenvalue weighted by atomic mass is 35.5. The fraction of sp³-hybridized carbons (Fsp3) is 0.562. The monoisotopic (exact) mass is 435 g/mol. The van der Waals surface area contributed by atoms with Gasteiger partial charge in [0.25, 0.3) is 5.69 Å². The second kappa shape index (κ2) is 10.6. The molecule has 1 heterocycles. The van der Waals surface area contributed by atoms with Crippen LogP contribution in [0.15, 0.2) is 23.1 Å². The van der Waals surface area contributed by atoms with Gasteiger partial charge in [0.05, 0.1) is 9.82 Å². The maximum Gasteiger partial charge on any atom is 0.293 e. The number of piperidine rings is 1. The number of anilines is 1. The predicted octanol–water partition coefficient (Wildman–Crippen LogP) is 0.924. The Morgan fingerprint density at radius 3 is 2.54 bits per heavy atom. The van der Waals surface area contributed by atoms with Crippen LogP contribution in [0.25, 0.3) is 0 Å². The lowest BCUT2D eigenvalue weighted by atomic mass is 9.96. The molecule has 1 aromatic rings. The van der Waals surface area contributed by atoms with E-state index < -0.39 is 20.6 Å². The van der Waals surface area contributed by atoms with Gasteiger partial charge in [0.15, 0.2) is 0 Å². The third-order valence-corrected chi connectivity index (χ3v) is 5.52. The van der Waals surface area contributed by atoms with Gasteiger partial charge in [-0.3, -0.25) is 14.9 Å². The molecule has 4 N–H and O–H groups in total. The van der Waals surface area contributed by atoms with Gasteiger partial charge in [-0.1, -0.05) is 0 Å². The molecule has 0 radical (unpaired) electrons. The van der Waals surface area contributed by atoms with E-state index in [2.05, 4.69) is 10.6 Å². The summed E-state index contributed by atoms with van der Waals surface area (Å²) in [5, 5.41) is 22.2. The number of sulfonamides is 1. The third-order valence-electron chi connectivity index (χ3n) is 4.61. The van der Waals surface area contributed by atoms with Crippen molar-refractivity contribution < 1.29 is 18.1 Å². The Morgan fingerprint density at radius 2 is 2.00 bits per heavy atom. The Hall–Kier alpha value is -1.95. The van der Waals surface area contributed by atoms with E-state index in [1.54, 1.807) is 0 Å². The number of hydrogen-bond acceptors (Lipinski definition) is 7. The highest BCUT2D eigenvalue weighted by Crippen LogP contribution is 2.27. The quantitative estimate of drug-likeness (QED) is 0.406. The minimum atomic E-state index is -4.03. The number of carbonyl (C=O) groups excluding carboxylic acids is 1. The van der Waals surface area contributed by atoms with E-state index >= 15 is 0 Å². The summed E-state index contributed by atoms with van der Waals surface area (Å²) in [6.07, 6.45) is 2.12. The highest BCUT2D eigenvalue weighted by Gasteiger charge is 2.23. The van der Waals surface area contributed by atoms with Crippen LogP contribution in [0, 0.1) is 16.0 Å². The molecule has 0 spiro atoms. The summed E-state index contributed by atoms with van der Waals surface area (Å²) in [7, 11) is -2.12. The van der Waals surface area contributed by atoms with Crippen LogP contribution in [0.1, 0.15) is 19.3 Å². The first kappa shape index (κ1) is 24.1. The molecule has 0 unspecified atom stereocenters. The molecule has 1 saturated heterocycles. The average Bonchev–Trinajstić information content (AvgIpc) is 2.61. The number of primary sulfonamides is 1. The van der Waals surface area contributed by atoms with Gasteiger partial charge in [-0.05, 0) is 44.5 Å². The van der Waals surface area contributed by atoms with E-state index in [0.717, 1.165) is 25.5 Å². The fourth-order valence-electron chi connectivity index (χ4n) is 3.13. The number of nitrogens with zero attached hydrogens (tertiary/aromatic N) is 2. The molecule has 1 aromatic carbocycles. The molecule has 10 nitrogen and oxygen atoms in total. The number of carbonyl (C=O) groups is 1. The van der Waals surface area contributed by atoms with E-state index in [4.69, 9.17) is 5.14 Å². The Bertz CT molecular complexity index is 797. The number of benzene rings is 1. The molecule has 158 valence electrons. The second-order valence-corrected chi connectivity index (χ2v) is 8.10. The van der Waals surface area contributed by atoms with Crippen molar-refractivity contribution in [3.63, 3.8) is 0 Å². The first-order valence-corrected chi connectivity index (χ1v) is 10.2. The number of nitro groups is 1. The van der Waals surface area contributed by atoms with Crippen molar-refractivity contribution in [3.05, 3.63) is 28.3 Å². The number of nitro benzene ring substituents is 1. The van der Waals surface area contributed by atoms with Gasteiger partial charge in [0.1, 0.15) is 5.69 Å². The number of nitrogens with two attached hydrogens (primary N) is 1. The molecule has 1 fully saturated rings. The van der Waals surface area contributed by atoms with Crippen molar-refractivity contribution in [1.29, 1.82) is 0 Å². The van der Waals surface area contributed by atoms with Crippen LogP contribution in [0.3, 0.4) is 0 Å². The van der Waals surface area contributed by atoms with Crippen molar-refractivity contribution >= 4 is 39.7 Å². The molecule has 0 bridgehead atoms. The normalized spacial score (nSPS) is 15.0. The molecule has 0 aromatic heterocycles. The molecule has 28 heavy (non-hydrogen) atoms. The zero-order chi connectivity index (χ0) is 20.0. The first-order valence-electron chi connectivity index (χ1n) is 8.70. The lowest BCUT2D eigenvalue weighted by Gasteiger charge is -2.32. The minimum Gasteiger partial charge on any atom is -0.379 e. The zero-order valence-corrected chi connectivity index (χ0v) is 17.2. The van der Waals surface area contributed by atoms with Crippen molar-refractivity contribution in [2.75, 3.05) is 38.5 Å². The number of halogens is 1. The van der Waals surface area contributed by atoms with Crippen LogP contribution in [0.2, 0.25) is 0 Å². The van der Waals surface area contributed by atoms with Crippen molar-refractivity contribution in [2.45, 2.75) is 24.2 Å². The largest absolute Gasteiger partial charge is 0.379 e. The summed E-state index contributed by atoms with van der Waals surface area (Å²) in [5.74, 6) is 0.575. The smallest absolute Gasteiger partial charge is 0.293 e. The lowest BCUT2D eigenvalue weighted by molar-refractivity contribution is -0.384. The van der Waals surface area contributed by atoms with Crippen molar-refractivity contribution in [1.82, 2.24) is 10.2 Å². The number of likely N-dealkylation sites (tertiary alicyclic amines) is 1. The Morgan fingerprint density at radius 1 is 1.36 bits per heavy atom. The summed E-state index contributed by atoms with van der Waals surface area (Å²) in [4.78, 5) is 24.3. The van der Waals surface area contributed by atoms with Gasteiger partial charge in [-0.15, -0.1) is 12.4 Å². The molecular weight excluding hydrogens is 410 g/mol. The fourth-order valence-corrected chi connectivity index (χ4v) is 3.66. The van der Waals surface area contributed by atoms with Gasteiger partial charge in [0.2, 0.25) is 15.9 Å². The molecule has 1 aliphatic heterocycles. The van der Waals surface area contributed by atoms with E-state index in [9.17, 15) is 23.3 Å². The summed E-state index contributed by atoms with van der Waals surface area (Å²) in [6.45, 7) is 2.59. The number of hydrogen-bond donors (Lipinski definition) is 3. The summed E-state index contributed by atoms with van der Waals surface area (Å²) in [6, 6.07) is 3.39. The van der Waals surface area contributed by atoms with Crippen LogP contribution in [-0.4, -0.2) is 57.4 Å². The van der Waals surface area contributed by atoms with E-state index in [0.29, 0.717) is 19.0 Å². The SMILES string of the molecule is CNCC1CCN(C(=O)CCNc2ccc(S(N)(=O)=O)cc2[N+](=O)[O-])CC1.Cl. The average molecular weight is 436 g/mol. The Kier molecular flexibility index (Phi) is 9.08. The second-order valence-electron chi connectivity index (χ2n) is 6.54. The lowest BCUT2D eigenvalue weighted by Crippen LogP contribution is -2.40. The molecule has 0 aliphatic carbocycles. The number of rotatable bonds is 8. The molecule has 1 amide bonds. The molecular formula is C16H26ClN5O5S. The third kappa shape index (κ3) is 6.59. The van der Waals surface area contributed by atoms with E-state index in [1.807, 2.05) is 11.9 Å². The molecule has 12 heteroatoms. The highest BCUT2D eigenvalue weighted by molar-refractivity contribution is 7.89. The van der Waals surface area contributed by atoms with E-state index in [1.165, 1.54) is 12.1 Å². The summed E-state index contributed by atoms with van der Waals surface area (Å²) in [5.41, 5.74) is -0.255. The minimum absolute atomic E-state index is 0. The molecule has 1 aliphatic rings. The molecule has 0 atom stereocenters. The predicted molar refractivity (Wildman–Crippen MR) is 108 cm³/mol. The van der Waals surface area contributed by atoms with Crippen molar-refractivity contribution in [2.24, 2.45) is 11.1 Å². The van der Waals surface area contributed by atoms with Crippen LogP contribution in [0.4, 0.5) is 11.4 Å². The first-order chi connectivity index (χ1) is 12.7. The Labute approximate surface area is 170 Å². The molecule has 0 saturated carbocycles. The summed E-state index contributed by atoms with van der Waals surface area (Å²) >= 11 is 0. The van der Waals surface area contributed by atoms with Crippen LogP contribution < -0.4 is 15.8 Å². The van der Waals surface area contributed by atoms with E-state index in [-0.39, 0.29) is 41.9 Å². The van der Waals surface area contributed by atoms with Gasteiger partial charge >= 0.3 is 0 Å². The van der Waals surface area contributed by atoms with Gasteiger partial charge in [0, 0.05) is 32.1 Å². The number of nitrogens with one attached hydrogen (secondary N) is 2. The molecule has 2 rings (SSSR count). The van der Waals surface area contributed by atoms with Crippen LogP contribution >= 0.6 is 12.4 Å². The van der Waals surface area contributed by atoms with Crippen molar-refractivity contribution in [3.8, 4) is 0 Å². The zero-order valence-electron chi connectivity index (χ0n) is 15.6. The number of amides is 1. The van der Waals surface area contributed by atoms with Gasteiger partial charge in [-0.25, -0.2) is 13.6 Å².